The van der Waals surface area contributed by atoms with Gasteiger partial charge in [0.2, 0.25) is 0 Å². The predicted octanol–water partition coefficient (Wildman–Crippen LogP) is 10.2. The summed E-state index contributed by atoms with van der Waals surface area (Å²) in [7, 11) is -0.927. The van der Waals surface area contributed by atoms with Crippen molar-refractivity contribution in [2.24, 2.45) is 0 Å². The van der Waals surface area contributed by atoms with Gasteiger partial charge in [0.05, 0.1) is 13.8 Å². The molecular weight excluding hydrogens is 459 g/mol. The van der Waals surface area contributed by atoms with Crippen molar-refractivity contribution in [1.82, 2.24) is 4.98 Å². The second kappa shape index (κ2) is 8.49. The van der Waals surface area contributed by atoms with Crippen LogP contribution in [0, 0.1) is 0 Å². The molecule has 35 heavy (non-hydrogen) atoms. The van der Waals surface area contributed by atoms with Crippen LogP contribution >= 0.6 is 11.8 Å². The van der Waals surface area contributed by atoms with E-state index in [1.165, 1.54) is 80.3 Å². The summed E-state index contributed by atoms with van der Waals surface area (Å²) in [6.45, 7) is 4.69. The van der Waals surface area contributed by atoms with Gasteiger partial charge in [0, 0.05) is 26.9 Å². The average molecular weight is 494 g/mol. The zero-order valence-electron chi connectivity index (χ0n) is 21.1. The maximum Gasteiger partial charge on any atom is 0.0803 e. The Morgan fingerprint density at radius 1 is 0.886 bits per heavy atom. The van der Waals surface area contributed by atoms with E-state index in [1.807, 2.05) is 18.0 Å². The van der Waals surface area contributed by atoms with Crippen molar-refractivity contribution in [3.8, 4) is 11.3 Å². The van der Waals surface area contributed by atoms with Crippen LogP contribution in [0.3, 0.4) is 0 Å². The molecule has 1 aromatic heterocycles. The van der Waals surface area contributed by atoms with Gasteiger partial charge in [-0.1, -0.05) is 99.4 Å². The van der Waals surface area contributed by atoms with E-state index in [2.05, 4.69) is 62.4 Å². The Balaban J connectivity index is 1.33. The summed E-state index contributed by atoms with van der Waals surface area (Å²) in [6.07, 6.45) is 9.44. The summed E-state index contributed by atoms with van der Waals surface area (Å²) in [5.41, 5.74) is 5.59. The second-order valence-corrected chi connectivity index (χ2v) is 17.8. The van der Waals surface area contributed by atoms with Crippen LogP contribution in [0.25, 0.3) is 32.8 Å². The normalized spacial score (nSPS) is 19.5. The molecule has 1 nitrogen and oxygen atoms in total. The summed E-state index contributed by atoms with van der Waals surface area (Å²) in [5.74, 6) is 1.22. The van der Waals surface area contributed by atoms with E-state index in [4.69, 9.17) is 4.98 Å². The highest BCUT2D eigenvalue weighted by atomic mass is 32.2. The number of fused-ring (bicyclic) bond motifs is 3. The number of pyridine rings is 1. The van der Waals surface area contributed by atoms with E-state index in [9.17, 15) is 0 Å². The van der Waals surface area contributed by atoms with Gasteiger partial charge < -0.3 is 0 Å². The number of hydrogen-bond donors (Lipinski definition) is 0. The van der Waals surface area contributed by atoms with Gasteiger partial charge in [-0.25, -0.2) is 0 Å². The Morgan fingerprint density at radius 2 is 1.69 bits per heavy atom. The molecular formula is C32H35NSSi. The van der Waals surface area contributed by atoms with Crippen molar-refractivity contribution in [3.63, 3.8) is 0 Å². The smallest absolute Gasteiger partial charge is 0.0803 e. The van der Waals surface area contributed by atoms with Crippen LogP contribution in [0.1, 0.15) is 68.9 Å². The third-order valence-electron chi connectivity index (χ3n) is 9.37. The molecule has 3 heteroatoms. The highest BCUT2D eigenvalue weighted by Gasteiger charge is 2.38. The van der Waals surface area contributed by atoms with Gasteiger partial charge in [0.1, 0.15) is 0 Å². The highest BCUT2D eigenvalue weighted by molar-refractivity contribution is 7.99. The minimum atomic E-state index is -0.927. The standard InChI is InChI=1S/C32H35NSSi/c1-21(2)29-26-9-5-4-8-23(26)19-27-31-30-24(10-13-33-31)18-25(20-28(30)34-32(27)29)22-11-16-35(17-12-22)14-6-3-7-15-35/h4-5,8-10,13,18-22H,3,6-7,11-12,14-17H2,1-2H3. The summed E-state index contributed by atoms with van der Waals surface area (Å²) < 4.78 is 0. The van der Waals surface area contributed by atoms with E-state index in [0.717, 1.165) is 5.92 Å². The molecule has 7 rings (SSSR count). The number of hydrogen-bond acceptors (Lipinski definition) is 2. The van der Waals surface area contributed by atoms with Crippen LogP contribution in [-0.4, -0.2) is 13.1 Å². The van der Waals surface area contributed by atoms with Crippen LogP contribution in [0.2, 0.25) is 24.2 Å². The number of benzene rings is 3. The molecule has 0 saturated carbocycles. The quantitative estimate of drug-likeness (QED) is 0.227. The molecule has 0 radical (unpaired) electrons. The Kier molecular flexibility index (Phi) is 5.36. The van der Waals surface area contributed by atoms with E-state index in [-0.39, 0.29) is 0 Å². The Labute approximate surface area is 214 Å². The van der Waals surface area contributed by atoms with Gasteiger partial charge in [-0.05, 0) is 70.2 Å². The van der Waals surface area contributed by atoms with Crippen LogP contribution in [0.5, 0.6) is 0 Å². The molecule has 4 heterocycles. The number of rotatable bonds is 2. The molecule has 2 saturated heterocycles. The van der Waals surface area contributed by atoms with Crippen molar-refractivity contribution in [3.05, 3.63) is 65.9 Å². The van der Waals surface area contributed by atoms with E-state index >= 15 is 0 Å². The maximum absolute atomic E-state index is 4.98. The van der Waals surface area contributed by atoms with Crippen molar-refractivity contribution < 1.29 is 0 Å². The van der Waals surface area contributed by atoms with Gasteiger partial charge in [-0.3, -0.25) is 4.98 Å². The maximum atomic E-state index is 4.98. The molecule has 0 aliphatic carbocycles. The third-order valence-corrected chi connectivity index (χ3v) is 16.1. The van der Waals surface area contributed by atoms with Gasteiger partial charge >= 0.3 is 0 Å². The topological polar surface area (TPSA) is 12.9 Å². The van der Waals surface area contributed by atoms with E-state index < -0.39 is 8.07 Å². The molecule has 0 N–H and O–H groups in total. The summed E-state index contributed by atoms with van der Waals surface area (Å²) in [4.78, 5) is 7.84. The summed E-state index contributed by atoms with van der Waals surface area (Å²) >= 11 is 2.01. The molecule has 178 valence electrons. The fourth-order valence-electron chi connectivity index (χ4n) is 7.51. The number of nitrogens with zero attached hydrogens (tertiary/aromatic N) is 1. The molecule has 3 aromatic carbocycles. The lowest BCUT2D eigenvalue weighted by atomic mass is 9.89. The average Bonchev–Trinajstić information content (AvgIpc) is 2.88. The minimum Gasteiger partial charge on any atom is -0.256 e. The van der Waals surface area contributed by atoms with E-state index in [1.54, 1.807) is 29.7 Å². The first kappa shape index (κ1) is 22.1. The Morgan fingerprint density at radius 3 is 2.49 bits per heavy atom. The fourth-order valence-corrected chi connectivity index (χ4v) is 14.4. The van der Waals surface area contributed by atoms with Crippen molar-refractivity contribution in [2.45, 2.75) is 91.8 Å². The Hall–Kier alpha value is -2.10. The second-order valence-electron chi connectivity index (χ2n) is 11.8. The van der Waals surface area contributed by atoms with Gasteiger partial charge in [-0.15, -0.1) is 0 Å². The molecule has 3 aliphatic rings. The largest absolute Gasteiger partial charge is 0.256 e. The third kappa shape index (κ3) is 3.61. The molecule has 2 fully saturated rings. The molecule has 0 amide bonds. The zero-order valence-corrected chi connectivity index (χ0v) is 22.9. The summed E-state index contributed by atoms with van der Waals surface area (Å²) in [5, 5.41) is 5.48. The highest BCUT2D eigenvalue weighted by Crippen LogP contribution is 2.53. The molecule has 1 spiro atoms. The van der Waals surface area contributed by atoms with E-state index in [0.29, 0.717) is 5.92 Å². The zero-order chi connectivity index (χ0) is 23.6. The lowest BCUT2D eigenvalue weighted by molar-refractivity contribution is 0.575. The van der Waals surface area contributed by atoms with Crippen molar-refractivity contribution in [1.29, 1.82) is 0 Å². The van der Waals surface area contributed by atoms with Crippen LogP contribution in [0.4, 0.5) is 0 Å². The summed E-state index contributed by atoms with van der Waals surface area (Å²) in [6, 6.07) is 25.0. The SMILES string of the molecule is CC(C)c1c2c(cc3ccccc13)-c1nccc3cc(C4CC[Si]5(CCCCC5)CC4)cc(c13)S2. The van der Waals surface area contributed by atoms with Gasteiger partial charge in [0.25, 0.3) is 0 Å². The first-order chi connectivity index (χ1) is 17.1. The minimum absolute atomic E-state index is 0.473. The molecule has 0 bridgehead atoms. The van der Waals surface area contributed by atoms with Crippen LogP contribution in [-0.2, 0) is 0 Å². The fraction of sp³-hybridized carbons (Fsp3) is 0.406. The van der Waals surface area contributed by atoms with Crippen molar-refractivity contribution >= 4 is 41.4 Å². The predicted molar refractivity (Wildman–Crippen MR) is 154 cm³/mol. The molecule has 4 aromatic rings. The first-order valence-corrected chi connectivity index (χ1v) is 17.4. The van der Waals surface area contributed by atoms with Gasteiger partial charge in [0.15, 0.2) is 0 Å². The van der Waals surface area contributed by atoms with Gasteiger partial charge in [-0.2, -0.15) is 0 Å². The molecule has 0 unspecified atom stereocenters. The van der Waals surface area contributed by atoms with Crippen molar-refractivity contribution in [2.75, 3.05) is 0 Å². The first-order valence-electron chi connectivity index (χ1n) is 13.8. The lowest BCUT2D eigenvalue weighted by Gasteiger charge is -2.41. The lowest BCUT2D eigenvalue weighted by Crippen LogP contribution is -2.39. The Bertz CT molecular complexity index is 1440. The number of aromatic nitrogens is 1. The molecule has 0 atom stereocenters. The van der Waals surface area contributed by atoms with Crippen LogP contribution in [0.15, 0.2) is 64.5 Å². The molecule has 3 aliphatic heterocycles. The van der Waals surface area contributed by atoms with Crippen LogP contribution < -0.4 is 0 Å². The monoisotopic (exact) mass is 493 g/mol.